The summed E-state index contributed by atoms with van der Waals surface area (Å²) >= 11 is 0. The Balaban J connectivity index is 2.11. The maximum atomic E-state index is 13.5. The number of carbonyl (C=O) groups is 2. The fourth-order valence-corrected chi connectivity index (χ4v) is 7.93. The highest BCUT2D eigenvalue weighted by Gasteiger charge is 2.75. The number of hydrogen-bond acceptors (Lipinski definition) is 15. The van der Waals surface area contributed by atoms with Crippen LogP contribution in [0.2, 0.25) is 0 Å². The molecule has 15 nitrogen and oxygen atoms in total. The monoisotopic (exact) mass is 851 g/mol. The number of aliphatic hydroxyl groups is 8. The van der Waals surface area contributed by atoms with Gasteiger partial charge in [-0.15, -0.1) is 0 Å². The number of rotatable bonds is 35. The molecule has 2 saturated heterocycles. The number of unbranched alkanes of at least 4 members (excludes halogenated alkanes) is 24. The summed E-state index contributed by atoms with van der Waals surface area (Å²) < 4.78 is 27.9. The smallest absolute Gasteiger partial charge is 0.405 e. The third-order valence-electron chi connectivity index (χ3n) is 11.7. The maximum Gasteiger partial charge on any atom is 0.405 e. The molecule has 0 bridgehead atoms. The minimum atomic E-state index is -3.56. The Hall–Kier alpha value is -1.50. The predicted octanol–water partition coefficient (Wildman–Crippen LogP) is 5.31. The molecule has 2 aliphatic heterocycles. The van der Waals surface area contributed by atoms with E-state index in [0.29, 0.717) is 25.7 Å². The lowest BCUT2D eigenvalue weighted by Gasteiger charge is -2.53. The van der Waals surface area contributed by atoms with Gasteiger partial charge in [-0.3, -0.25) is 14.3 Å². The van der Waals surface area contributed by atoms with Gasteiger partial charge in [0.25, 0.3) is 0 Å². The number of aliphatic hydroxyl groups excluding tert-OH is 7. The van der Waals surface area contributed by atoms with Crippen LogP contribution in [0, 0.1) is 0 Å². The van der Waals surface area contributed by atoms with E-state index in [4.69, 9.17) is 23.7 Å². The van der Waals surface area contributed by atoms with Gasteiger partial charge in [-0.2, -0.15) is 0 Å². The molecule has 0 saturated carbocycles. The third kappa shape index (κ3) is 17.3. The van der Waals surface area contributed by atoms with E-state index in [0.717, 1.165) is 51.4 Å². The molecule has 0 aromatic rings. The van der Waals surface area contributed by atoms with Gasteiger partial charge in [0, 0.05) is 12.8 Å². The first kappa shape index (κ1) is 53.6. The zero-order valence-electron chi connectivity index (χ0n) is 36.3. The highest BCUT2D eigenvalue weighted by atomic mass is 17.0. The molecule has 0 aliphatic carbocycles. The molecule has 15 heteroatoms. The van der Waals surface area contributed by atoms with Crippen molar-refractivity contribution in [3.8, 4) is 0 Å². The Morgan fingerprint density at radius 2 is 0.831 bits per heavy atom. The van der Waals surface area contributed by atoms with Gasteiger partial charge in [-0.05, 0) is 12.8 Å². The number of hydrogen-bond donors (Lipinski definition) is 8. The summed E-state index contributed by atoms with van der Waals surface area (Å²) in [5.74, 6) is -12.0. The van der Waals surface area contributed by atoms with Crippen LogP contribution in [-0.2, 0) is 33.3 Å². The SMILES string of the molecule is CCCCCCCCCCCCCCCC(=O)O[C@@]1(OC2(CO)O[C@H](CO)[C@@H](O)[C@@H]2O)O[C@H](CO)[C@@H](O)[C@H](O)[C@]1(O)OC(=O)CCCCCCCCCCCCCCC. The van der Waals surface area contributed by atoms with Gasteiger partial charge in [0.2, 0.25) is 5.79 Å². The average Bonchev–Trinajstić information content (AvgIpc) is 3.46. The van der Waals surface area contributed by atoms with E-state index in [-0.39, 0.29) is 12.8 Å². The van der Waals surface area contributed by atoms with E-state index in [1.54, 1.807) is 0 Å². The van der Waals surface area contributed by atoms with Gasteiger partial charge in [0.05, 0.1) is 13.2 Å². The average molecular weight is 851 g/mol. The lowest BCUT2D eigenvalue weighted by molar-refractivity contribution is -0.554. The molecule has 1 unspecified atom stereocenters. The Labute approximate surface area is 353 Å². The topological polar surface area (TPSA) is 242 Å². The first-order valence-corrected chi connectivity index (χ1v) is 23.2. The van der Waals surface area contributed by atoms with Crippen LogP contribution in [0.5, 0.6) is 0 Å². The van der Waals surface area contributed by atoms with E-state index in [1.165, 1.54) is 89.9 Å². The van der Waals surface area contributed by atoms with Gasteiger partial charge in [-0.1, -0.05) is 168 Å². The van der Waals surface area contributed by atoms with Crippen molar-refractivity contribution in [1.29, 1.82) is 0 Å². The summed E-state index contributed by atoms with van der Waals surface area (Å²) in [6.07, 6.45) is 14.9. The predicted molar refractivity (Wildman–Crippen MR) is 219 cm³/mol. The molecule has 2 rings (SSSR count). The molecule has 2 fully saturated rings. The molecule has 9 atom stereocenters. The maximum absolute atomic E-state index is 13.5. The third-order valence-corrected chi connectivity index (χ3v) is 11.7. The molecule has 8 N–H and O–H groups in total. The van der Waals surface area contributed by atoms with Crippen molar-refractivity contribution >= 4 is 11.9 Å². The Morgan fingerprint density at radius 1 is 0.492 bits per heavy atom. The van der Waals surface area contributed by atoms with E-state index >= 15 is 0 Å². The van der Waals surface area contributed by atoms with Crippen LogP contribution < -0.4 is 0 Å². The zero-order chi connectivity index (χ0) is 43.6. The van der Waals surface area contributed by atoms with Crippen molar-refractivity contribution in [2.75, 3.05) is 19.8 Å². The van der Waals surface area contributed by atoms with E-state index in [2.05, 4.69) is 13.8 Å². The number of esters is 2. The Bertz CT molecular complexity index is 1110. The van der Waals surface area contributed by atoms with E-state index in [1.807, 2.05) is 0 Å². The molecule has 0 radical (unpaired) electrons. The van der Waals surface area contributed by atoms with Crippen LogP contribution >= 0.6 is 0 Å². The first-order valence-electron chi connectivity index (χ1n) is 23.2. The molecular weight excluding hydrogens is 768 g/mol. The molecule has 0 aromatic heterocycles. The van der Waals surface area contributed by atoms with Crippen LogP contribution in [0.4, 0.5) is 0 Å². The van der Waals surface area contributed by atoms with Gasteiger partial charge in [-0.25, -0.2) is 0 Å². The van der Waals surface area contributed by atoms with Crippen molar-refractivity contribution in [3.05, 3.63) is 0 Å². The molecule has 2 heterocycles. The van der Waals surface area contributed by atoms with Crippen molar-refractivity contribution in [2.24, 2.45) is 0 Å². The second-order valence-electron chi connectivity index (χ2n) is 16.8. The van der Waals surface area contributed by atoms with Gasteiger partial charge >= 0.3 is 23.7 Å². The molecule has 348 valence electrons. The molecule has 59 heavy (non-hydrogen) atoms. The Kier molecular flexibility index (Phi) is 27.0. The van der Waals surface area contributed by atoms with Crippen LogP contribution in [-0.4, -0.2) is 127 Å². The summed E-state index contributed by atoms with van der Waals surface area (Å²) in [5, 5.41) is 86.2. The molecule has 0 amide bonds. The largest absolute Gasteiger partial charge is 0.420 e. The fourth-order valence-electron chi connectivity index (χ4n) is 7.93. The summed E-state index contributed by atoms with van der Waals surface area (Å²) in [4.78, 5) is 26.8. The van der Waals surface area contributed by atoms with Crippen molar-refractivity contribution < 1.29 is 74.1 Å². The summed E-state index contributed by atoms with van der Waals surface area (Å²) in [7, 11) is 0. The lowest BCUT2D eigenvalue weighted by Crippen LogP contribution is -2.78. The Morgan fingerprint density at radius 3 is 1.19 bits per heavy atom. The second-order valence-corrected chi connectivity index (χ2v) is 16.8. The van der Waals surface area contributed by atoms with Gasteiger partial charge in [0.15, 0.2) is 6.10 Å². The van der Waals surface area contributed by atoms with Gasteiger partial charge < -0.3 is 59.8 Å². The first-order chi connectivity index (χ1) is 28.4. The second kappa shape index (κ2) is 29.7. The highest BCUT2D eigenvalue weighted by molar-refractivity contribution is 5.71. The molecule has 2 aliphatic rings. The van der Waals surface area contributed by atoms with Gasteiger partial charge in [0.1, 0.15) is 37.1 Å². The molecular formula is C44H82O15. The quantitative estimate of drug-likeness (QED) is 0.0229. The highest BCUT2D eigenvalue weighted by Crippen LogP contribution is 2.47. The normalized spacial score (nSPS) is 29.5. The number of carbonyl (C=O) groups excluding carboxylic acids is 2. The lowest BCUT2D eigenvalue weighted by atomic mass is 9.93. The van der Waals surface area contributed by atoms with Crippen molar-refractivity contribution in [1.82, 2.24) is 0 Å². The van der Waals surface area contributed by atoms with Crippen LogP contribution in [0.25, 0.3) is 0 Å². The van der Waals surface area contributed by atoms with Crippen LogP contribution in [0.15, 0.2) is 0 Å². The van der Waals surface area contributed by atoms with E-state index in [9.17, 15) is 50.4 Å². The minimum Gasteiger partial charge on any atom is -0.420 e. The van der Waals surface area contributed by atoms with Crippen LogP contribution in [0.1, 0.15) is 194 Å². The number of ether oxygens (including phenoxy) is 5. The standard InChI is InChI=1S/C44H82O15/c1-3-5-7-9-11-13-15-17-19-21-23-25-27-29-36(48)57-43(54)41(53)39(51)35(32-46)56-44(43,59-42(33-47)40(52)38(50)34(31-45)55-42)58-37(49)30-28-26-24-22-20-18-16-14-12-10-8-6-4-2/h34-35,38-41,45-47,50-54H,3-33H2,1-2H3/t34-,35-,38-,39-,40+,41+,42?,43+,44+/m1/s1. The molecule has 0 spiro atoms. The van der Waals surface area contributed by atoms with Crippen molar-refractivity contribution in [2.45, 2.75) is 248 Å². The summed E-state index contributed by atoms with van der Waals surface area (Å²) in [6, 6.07) is 0. The van der Waals surface area contributed by atoms with Crippen molar-refractivity contribution in [3.63, 3.8) is 0 Å². The zero-order valence-corrected chi connectivity index (χ0v) is 36.3. The minimum absolute atomic E-state index is 0.259. The molecule has 0 aromatic carbocycles. The fraction of sp³-hybridized carbons (Fsp3) is 0.955. The van der Waals surface area contributed by atoms with Crippen LogP contribution in [0.3, 0.4) is 0 Å². The summed E-state index contributed by atoms with van der Waals surface area (Å²) in [5.41, 5.74) is 0. The summed E-state index contributed by atoms with van der Waals surface area (Å²) in [6.45, 7) is 1.22. The van der Waals surface area contributed by atoms with E-state index < -0.39 is 85.9 Å².